The van der Waals surface area contributed by atoms with Gasteiger partial charge in [-0.3, -0.25) is 4.79 Å². The number of hydrogen-bond acceptors (Lipinski definition) is 7. The summed E-state index contributed by atoms with van der Waals surface area (Å²) in [6, 6.07) is 19.8. The Hall–Kier alpha value is -4.04. The number of nitrogens with one attached hydrogen (secondary N) is 1. The van der Waals surface area contributed by atoms with Crippen molar-refractivity contribution in [3.05, 3.63) is 82.7 Å². The van der Waals surface area contributed by atoms with Crippen LogP contribution in [0.5, 0.6) is 17.2 Å². The molecule has 1 aromatic heterocycles. The van der Waals surface area contributed by atoms with Crippen LogP contribution in [0.1, 0.15) is 32.5 Å². The van der Waals surface area contributed by atoms with Crippen LogP contribution in [-0.2, 0) is 11.3 Å². The molecule has 4 rings (SSSR count). The largest absolute Gasteiger partial charge is 0.497 e. The molecule has 180 valence electrons. The van der Waals surface area contributed by atoms with E-state index >= 15 is 0 Å². The molecule has 0 radical (unpaired) electrons. The first-order chi connectivity index (χ1) is 17.0. The third kappa shape index (κ3) is 5.73. The summed E-state index contributed by atoms with van der Waals surface area (Å²) in [4.78, 5) is 25.3. The molecule has 0 bridgehead atoms. The SMILES string of the molecule is CCOc1ccc(C(=O)Nc2ccc3sc(C(=O)OC)cc3c2)cc1COc1ccc(OC)cc1. The van der Waals surface area contributed by atoms with Crippen molar-refractivity contribution >= 4 is 39.0 Å². The van der Waals surface area contributed by atoms with Crippen LogP contribution in [0.3, 0.4) is 0 Å². The van der Waals surface area contributed by atoms with E-state index in [4.69, 9.17) is 18.9 Å². The number of carbonyl (C=O) groups excluding carboxylic acids is 2. The van der Waals surface area contributed by atoms with Gasteiger partial charge in [0.1, 0.15) is 28.7 Å². The number of benzene rings is 3. The second-order valence-electron chi connectivity index (χ2n) is 7.53. The number of hydrogen-bond donors (Lipinski definition) is 1. The van der Waals surface area contributed by atoms with Crippen LogP contribution in [0.2, 0.25) is 0 Å². The van der Waals surface area contributed by atoms with Crippen LogP contribution >= 0.6 is 11.3 Å². The minimum atomic E-state index is -0.379. The summed E-state index contributed by atoms with van der Waals surface area (Å²) in [5.41, 5.74) is 1.86. The first-order valence-electron chi connectivity index (χ1n) is 11.0. The number of anilines is 1. The fourth-order valence-electron chi connectivity index (χ4n) is 3.49. The van der Waals surface area contributed by atoms with Crippen LogP contribution < -0.4 is 19.5 Å². The summed E-state index contributed by atoms with van der Waals surface area (Å²) in [6.45, 7) is 2.64. The molecule has 0 saturated heterocycles. The average molecular weight is 492 g/mol. The molecule has 0 atom stereocenters. The Bertz CT molecular complexity index is 1350. The molecular weight excluding hydrogens is 466 g/mol. The lowest BCUT2D eigenvalue weighted by atomic mass is 10.1. The van der Waals surface area contributed by atoms with E-state index in [1.807, 2.05) is 43.3 Å². The number of amides is 1. The second-order valence-corrected chi connectivity index (χ2v) is 8.61. The highest BCUT2D eigenvalue weighted by Gasteiger charge is 2.14. The predicted octanol–water partition coefficient (Wildman–Crippen LogP) is 5.93. The van der Waals surface area contributed by atoms with Crippen LogP contribution in [0.25, 0.3) is 10.1 Å². The van der Waals surface area contributed by atoms with Crippen molar-refractivity contribution in [1.82, 2.24) is 0 Å². The third-order valence-corrected chi connectivity index (χ3v) is 6.33. The molecule has 1 amide bonds. The fourth-order valence-corrected chi connectivity index (χ4v) is 4.45. The normalized spacial score (nSPS) is 10.6. The van der Waals surface area contributed by atoms with Gasteiger partial charge in [-0.2, -0.15) is 0 Å². The Morgan fingerprint density at radius 1 is 0.886 bits per heavy atom. The van der Waals surface area contributed by atoms with E-state index in [1.54, 1.807) is 37.4 Å². The molecule has 0 spiro atoms. The van der Waals surface area contributed by atoms with E-state index in [1.165, 1.54) is 18.4 Å². The first kappa shape index (κ1) is 24.1. The average Bonchev–Trinajstić information content (AvgIpc) is 3.31. The lowest BCUT2D eigenvalue weighted by molar-refractivity contribution is 0.0606. The number of esters is 1. The molecule has 0 unspecified atom stereocenters. The summed E-state index contributed by atoms with van der Waals surface area (Å²) < 4.78 is 22.5. The van der Waals surface area contributed by atoms with Crippen LogP contribution in [0, 0.1) is 0 Å². The van der Waals surface area contributed by atoms with Crippen molar-refractivity contribution in [1.29, 1.82) is 0 Å². The Morgan fingerprint density at radius 3 is 2.37 bits per heavy atom. The summed E-state index contributed by atoms with van der Waals surface area (Å²) in [6.07, 6.45) is 0. The van der Waals surface area contributed by atoms with E-state index < -0.39 is 0 Å². The summed E-state index contributed by atoms with van der Waals surface area (Å²) in [7, 11) is 2.96. The summed E-state index contributed by atoms with van der Waals surface area (Å²) >= 11 is 1.35. The Labute approximate surface area is 207 Å². The van der Waals surface area contributed by atoms with Gasteiger partial charge >= 0.3 is 5.97 Å². The van der Waals surface area contributed by atoms with Gasteiger partial charge in [-0.15, -0.1) is 11.3 Å². The number of fused-ring (bicyclic) bond motifs is 1. The highest BCUT2D eigenvalue weighted by atomic mass is 32.1. The minimum absolute atomic E-state index is 0.236. The van der Waals surface area contributed by atoms with Gasteiger partial charge in [0.25, 0.3) is 5.91 Å². The molecule has 0 aliphatic rings. The monoisotopic (exact) mass is 491 g/mol. The Morgan fingerprint density at radius 2 is 1.66 bits per heavy atom. The van der Waals surface area contributed by atoms with Crippen molar-refractivity contribution in [2.75, 3.05) is 26.1 Å². The molecule has 1 heterocycles. The van der Waals surface area contributed by atoms with E-state index in [0.29, 0.717) is 34.2 Å². The van der Waals surface area contributed by atoms with E-state index in [-0.39, 0.29) is 18.5 Å². The maximum absolute atomic E-state index is 13.0. The highest BCUT2D eigenvalue weighted by molar-refractivity contribution is 7.20. The van der Waals surface area contributed by atoms with E-state index in [9.17, 15) is 9.59 Å². The van der Waals surface area contributed by atoms with Gasteiger partial charge in [0.05, 0.1) is 20.8 Å². The zero-order valence-corrected chi connectivity index (χ0v) is 20.4. The van der Waals surface area contributed by atoms with Gasteiger partial charge in [0, 0.05) is 21.5 Å². The minimum Gasteiger partial charge on any atom is -0.497 e. The van der Waals surface area contributed by atoms with Crippen molar-refractivity contribution in [2.24, 2.45) is 0 Å². The van der Waals surface area contributed by atoms with Gasteiger partial charge < -0.3 is 24.3 Å². The van der Waals surface area contributed by atoms with Crippen LogP contribution in [0.4, 0.5) is 5.69 Å². The molecule has 7 nitrogen and oxygen atoms in total. The zero-order valence-electron chi connectivity index (χ0n) is 19.6. The standard InChI is InChI=1S/C27H25NO6S/c1-4-33-23-11-5-17(13-19(23)16-34-22-9-7-21(31-2)8-10-22)26(29)28-20-6-12-24-18(14-20)15-25(35-24)27(30)32-3/h5-15H,4,16H2,1-3H3,(H,28,29). The fraction of sp³-hybridized carbons (Fsp3) is 0.185. The van der Waals surface area contributed by atoms with Gasteiger partial charge in [0.15, 0.2) is 0 Å². The number of thiophene rings is 1. The number of ether oxygens (including phenoxy) is 4. The molecule has 0 fully saturated rings. The maximum Gasteiger partial charge on any atom is 0.348 e. The lowest BCUT2D eigenvalue weighted by Gasteiger charge is -2.14. The lowest BCUT2D eigenvalue weighted by Crippen LogP contribution is -2.13. The smallest absolute Gasteiger partial charge is 0.348 e. The molecule has 0 aliphatic heterocycles. The predicted molar refractivity (Wildman–Crippen MR) is 136 cm³/mol. The van der Waals surface area contributed by atoms with E-state index in [2.05, 4.69) is 5.32 Å². The number of carbonyl (C=O) groups is 2. The zero-order chi connectivity index (χ0) is 24.8. The van der Waals surface area contributed by atoms with Crippen molar-refractivity contribution < 1.29 is 28.5 Å². The van der Waals surface area contributed by atoms with Crippen LogP contribution in [-0.4, -0.2) is 32.7 Å². The molecule has 4 aromatic rings. The topological polar surface area (TPSA) is 83.1 Å². The third-order valence-electron chi connectivity index (χ3n) is 5.24. The van der Waals surface area contributed by atoms with Crippen molar-refractivity contribution in [3.63, 3.8) is 0 Å². The molecule has 1 N–H and O–H groups in total. The molecule has 8 heteroatoms. The highest BCUT2D eigenvalue weighted by Crippen LogP contribution is 2.29. The van der Waals surface area contributed by atoms with Crippen molar-refractivity contribution in [3.8, 4) is 17.2 Å². The molecule has 0 aliphatic carbocycles. The second kappa shape index (κ2) is 10.9. The maximum atomic E-state index is 13.0. The molecule has 3 aromatic carbocycles. The first-order valence-corrected chi connectivity index (χ1v) is 11.8. The molecule has 0 saturated carbocycles. The summed E-state index contributed by atoms with van der Waals surface area (Å²) in [5.74, 6) is 1.44. The Balaban J connectivity index is 1.51. The molecule has 35 heavy (non-hydrogen) atoms. The van der Waals surface area contributed by atoms with E-state index in [0.717, 1.165) is 21.4 Å². The van der Waals surface area contributed by atoms with Gasteiger partial charge in [0.2, 0.25) is 0 Å². The Kier molecular flexibility index (Phi) is 7.52. The van der Waals surface area contributed by atoms with Crippen LogP contribution in [0.15, 0.2) is 66.7 Å². The molecular formula is C27H25NO6S. The summed E-state index contributed by atoms with van der Waals surface area (Å²) in [5, 5.41) is 3.78. The van der Waals surface area contributed by atoms with Gasteiger partial charge in [-0.1, -0.05) is 0 Å². The van der Waals surface area contributed by atoms with Crippen molar-refractivity contribution in [2.45, 2.75) is 13.5 Å². The van der Waals surface area contributed by atoms with Gasteiger partial charge in [-0.05, 0) is 79.0 Å². The quantitative estimate of drug-likeness (QED) is 0.292. The number of rotatable bonds is 9. The van der Waals surface area contributed by atoms with Gasteiger partial charge in [-0.25, -0.2) is 4.79 Å². The number of methoxy groups -OCH3 is 2.